The second-order valence-electron chi connectivity index (χ2n) is 3.10. The van der Waals surface area contributed by atoms with Crippen LogP contribution in [0.2, 0.25) is 0 Å². The Morgan fingerprint density at radius 1 is 1.44 bits per heavy atom. The fraction of sp³-hybridized carbons (Fsp3) is 0.300. The van der Waals surface area contributed by atoms with E-state index in [9.17, 15) is 8.42 Å². The summed E-state index contributed by atoms with van der Waals surface area (Å²) in [5.41, 5.74) is 1.61. The summed E-state index contributed by atoms with van der Waals surface area (Å²) in [4.78, 5) is 0. The van der Waals surface area contributed by atoms with Crippen LogP contribution in [0.15, 0.2) is 24.3 Å². The molecule has 0 aromatic heterocycles. The van der Waals surface area contributed by atoms with Gasteiger partial charge in [0, 0.05) is 12.3 Å². The molecule has 0 heterocycles. The summed E-state index contributed by atoms with van der Waals surface area (Å²) in [6, 6.07) is 7.22. The Labute approximate surface area is 96.1 Å². The molecule has 88 valence electrons. The molecule has 1 rings (SSSR count). The Kier molecular flexibility index (Phi) is 6.15. The van der Waals surface area contributed by atoms with Crippen LogP contribution >= 0.6 is 0 Å². The fourth-order valence-electron chi connectivity index (χ4n) is 1.24. The zero-order valence-electron chi connectivity index (χ0n) is 9.05. The number of nitrogens with two attached hydrogens (primary N) is 1. The molecule has 0 radical (unpaired) electrons. The molecule has 0 aliphatic carbocycles. The van der Waals surface area contributed by atoms with Gasteiger partial charge in [-0.15, -0.1) is 0 Å². The number of anilines is 1. The van der Waals surface area contributed by atoms with E-state index in [4.69, 9.17) is 10.4 Å². The van der Waals surface area contributed by atoms with Crippen molar-refractivity contribution in [2.24, 2.45) is 5.14 Å². The third-order valence-electron chi connectivity index (χ3n) is 1.73. The number of nitrogens with zero attached hydrogens (tertiary/aromatic N) is 1. The molecule has 0 fully saturated rings. The van der Waals surface area contributed by atoms with Gasteiger partial charge in [-0.25, -0.2) is 10.4 Å². The van der Waals surface area contributed by atoms with Crippen LogP contribution in [0.1, 0.15) is 18.9 Å². The minimum atomic E-state index is -3.66. The first kappa shape index (κ1) is 14.4. The number of hydrogen-bond donors (Lipinski definition) is 2. The lowest BCUT2D eigenvalue weighted by atomic mass is 10.1. The van der Waals surface area contributed by atoms with Gasteiger partial charge < -0.3 is 0 Å². The van der Waals surface area contributed by atoms with Crippen LogP contribution in [-0.4, -0.2) is 8.42 Å². The molecule has 16 heavy (non-hydrogen) atoms. The standard InChI is InChI=1S/C9H14N2O2S.CHN/c1-2-4-8-5-3-6-9(7-8)11-14(10,12)13;1-2/h3,5-7,11H,2,4H2,1H3,(H2,10,12,13);1H. The molecule has 5 nitrogen and oxygen atoms in total. The van der Waals surface area contributed by atoms with Gasteiger partial charge in [-0.1, -0.05) is 25.5 Å². The van der Waals surface area contributed by atoms with Crippen LogP contribution in [0, 0.1) is 11.8 Å². The molecule has 6 heteroatoms. The van der Waals surface area contributed by atoms with Gasteiger partial charge in [0.25, 0.3) is 10.2 Å². The van der Waals surface area contributed by atoms with Crippen molar-refractivity contribution < 1.29 is 8.42 Å². The van der Waals surface area contributed by atoms with Crippen LogP contribution in [0.25, 0.3) is 0 Å². The lowest BCUT2D eigenvalue weighted by Crippen LogP contribution is -2.21. The van der Waals surface area contributed by atoms with Crippen molar-refractivity contribution >= 4 is 15.9 Å². The van der Waals surface area contributed by atoms with E-state index in [1.54, 1.807) is 18.2 Å². The zero-order chi connectivity index (χ0) is 12.6. The van der Waals surface area contributed by atoms with E-state index < -0.39 is 10.2 Å². The van der Waals surface area contributed by atoms with Gasteiger partial charge in [-0.3, -0.25) is 4.72 Å². The Hall–Kier alpha value is -1.58. The highest BCUT2D eigenvalue weighted by Crippen LogP contribution is 2.12. The minimum absolute atomic E-state index is 0.512. The first-order valence-electron chi connectivity index (χ1n) is 4.66. The predicted octanol–water partition coefficient (Wildman–Crippen LogP) is 1.39. The van der Waals surface area contributed by atoms with E-state index in [0.29, 0.717) is 5.69 Å². The zero-order valence-corrected chi connectivity index (χ0v) is 9.87. The summed E-state index contributed by atoms with van der Waals surface area (Å²) < 4.78 is 23.7. The Morgan fingerprint density at radius 3 is 2.56 bits per heavy atom. The summed E-state index contributed by atoms with van der Waals surface area (Å²) in [6.07, 6.45) is 1.96. The first-order valence-corrected chi connectivity index (χ1v) is 6.21. The highest BCUT2D eigenvalue weighted by molar-refractivity contribution is 7.90. The van der Waals surface area contributed by atoms with Crippen molar-refractivity contribution in [3.05, 3.63) is 29.8 Å². The number of rotatable bonds is 4. The molecule has 0 bridgehead atoms. The van der Waals surface area contributed by atoms with Crippen molar-refractivity contribution in [1.29, 1.82) is 5.26 Å². The minimum Gasteiger partial charge on any atom is -0.271 e. The van der Waals surface area contributed by atoms with Crippen LogP contribution in [0.3, 0.4) is 0 Å². The second kappa shape index (κ2) is 6.82. The van der Waals surface area contributed by atoms with Crippen molar-refractivity contribution in [2.75, 3.05) is 4.72 Å². The molecule has 3 N–H and O–H groups in total. The van der Waals surface area contributed by atoms with Crippen LogP contribution in [-0.2, 0) is 16.6 Å². The number of nitriles is 1. The molecule has 1 aromatic carbocycles. The molecule has 0 saturated heterocycles. The highest BCUT2D eigenvalue weighted by atomic mass is 32.2. The molecule has 0 aliphatic rings. The van der Waals surface area contributed by atoms with Crippen molar-refractivity contribution in [2.45, 2.75) is 19.8 Å². The van der Waals surface area contributed by atoms with Gasteiger partial charge in [0.2, 0.25) is 0 Å². The third kappa shape index (κ3) is 6.01. The van der Waals surface area contributed by atoms with E-state index in [1.165, 1.54) is 0 Å². The summed E-state index contributed by atoms with van der Waals surface area (Å²) in [5, 5.41) is 11.4. The second-order valence-corrected chi connectivity index (χ2v) is 4.39. The molecule has 0 atom stereocenters. The molecular weight excluding hydrogens is 226 g/mol. The van der Waals surface area contributed by atoms with E-state index in [0.717, 1.165) is 18.4 Å². The van der Waals surface area contributed by atoms with Gasteiger partial charge in [0.15, 0.2) is 0 Å². The average molecular weight is 241 g/mol. The number of hydrogen-bond acceptors (Lipinski definition) is 3. The molecule has 0 amide bonds. The first-order chi connectivity index (χ1) is 7.51. The predicted molar refractivity (Wildman–Crippen MR) is 63.8 cm³/mol. The topological polar surface area (TPSA) is 96.0 Å². The molecule has 0 spiro atoms. The SMILES string of the molecule is C#N.CCCc1cccc(NS(N)(=O)=O)c1. The maximum absolute atomic E-state index is 10.7. The highest BCUT2D eigenvalue weighted by Gasteiger charge is 2.01. The lowest BCUT2D eigenvalue weighted by molar-refractivity contribution is 0.603. The quantitative estimate of drug-likeness (QED) is 0.833. The molecule has 0 aliphatic heterocycles. The average Bonchev–Trinajstić information content (AvgIpc) is 2.19. The molecule has 0 unspecified atom stereocenters. The fourth-order valence-corrected chi connectivity index (χ4v) is 1.70. The van der Waals surface area contributed by atoms with E-state index in [1.807, 2.05) is 6.07 Å². The normalized spacial score (nSPS) is 10.0. The summed E-state index contributed by atoms with van der Waals surface area (Å²) in [5.74, 6) is 0. The largest absolute Gasteiger partial charge is 0.296 e. The summed E-state index contributed by atoms with van der Waals surface area (Å²) in [7, 11) is -3.66. The number of nitrogens with one attached hydrogen (secondary N) is 1. The van der Waals surface area contributed by atoms with Gasteiger partial charge in [0.05, 0.1) is 0 Å². The smallest absolute Gasteiger partial charge is 0.271 e. The van der Waals surface area contributed by atoms with E-state index >= 15 is 0 Å². The maximum Gasteiger partial charge on any atom is 0.296 e. The van der Waals surface area contributed by atoms with Crippen LogP contribution < -0.4 is 9.86 Å². The number of aryl methyl sites for hydroxylation is 1. The number of benzene rings is 1. The van der Waals surface area contributed by atoms with E-state index in [2.05, 4.69) is 18.2 Å². The molecular formula is C10H15N3O2S. The van der Waals surface area contributed by atoms with Gasteiger partial charge in [-0.05, 0) is 24.1 Å². The maximum atomic E-state index is 10.7. The van der Waals surface area contributed by atoms with Gasteiger partial charge in [-0.2, -0.15) is 8.42 Å². The van der Waals surface area contributed by atoms with Crippen molar-refractivity contribution in [1.82, 2.24) is 0 Å². The monoisotopic (exact) mass is 241 g/mol. The van der Waals surface area contributed by atoms with Gasteiger partial charge >= 0.3 is 0 Å². The summed E-state index contributed by atoms with van der Waals surface area (Å²) >= 11 is 0. The molecule has 0 saturated carbocycles. The van der Waals surface area contributed by atoms with Crippen molar-refractivity contribution in [3.8, 4) is 6.57 Å². The Bertz CT molecular complexity index is 440. The van der Waals surface area contributed by atoms with E-state index in [-0.39, 0.29) is 0 Å². The van der Waals surface area contributed by atoms with Gasteiger partial charge in [0.1, 0.15) is 0 Å². The van der Waals surface area contributed by atoms with Crippen LogP contribution in [0.4, 0.5) is 5.69 Å². The lowest BCUT2D eigenvalue weighted by Gasteiger charge is -2.05. The van der Waals surface area contributed by atoms with Crippen LogP contribution in [0.5, 0.6) is 0 Å². The van der Waals surface area contributed by atoms with Crippen molar-refractivity contribution in [3.63, 3.8) is 0 Å². The Morgan fingerprint density at radius 2 is 2.06 bits per heavy atom. The Balaban J connectivity index is 0.00000106. The molecule has 1 aromatic rings. The third-order valence-corrected chi connectivity index (χ3v) is 2.25. The summed E-state index contributed by atoms with van der Waals surface area (Å²) in [6.45, 7) is 5.57.